The minimum Gasteiger partial charge on any atom is -0.495 e. The summed E-state index contributed by atoms with van der Waals surface area (Å²) in [5.41, 5.74) is -0.265. The molecule has 0 unspecified atom stereocenters. The first kappa shape index (κ1) is 18.5. The van der Waals surface area contributed by atoms with Gasteiger partial charge in [-0.05, 0) is 24.3 Å². The second kappa shape index (κ2) is 6.97. The molecule has 2 aromatic rings. The van der Waals surface area contributed by atoms with Crippen molar-refractivity contribution in [3.63, 3.8) is 0 Å². The van der Waals surface area contributed by atoms with Gasteiger partial charge < -0.3 is 9.47 Å². The molecule has 134 valence electrons. The van der Waals surface area contributed by atoms with Gasteiger partial charge in [-0.2, -0.15) is 0 Å². The monoisotopic (exact) mass is 376 g/mol. The van der Waals surface area contributed by atoms with Crippen LogP contribution in [-0.4, -0.2) is 32.8 Å². The van der Waals surface area contributed by atoms with Crippen LogP contribution in [0.2, 0.25) is 0 Å². The van der Waals surface area contributed by atoms with E-state index in [9.17, 15) is 26.4 Å². The van der Waals surface area contributed by atoms with Crippen molar-refractivity contribution in [2.45, 2.75) is 11.3 Å². The molecule has 11 heteroatoms. The van der Waals surface area contributed by atoms with Crippen molar-refractivity contribution in [2.24, 2.45) is 0 Å². The van der Waals surface area contributed by atoms with Crippen molar-refractivity contribution in [3.8, 4) is 11.5 Å². The third kappa shape index (κ3) is 4.83. The minimum absolute atomic E-state index is 0.265. The number of benzene rings is 1. The average molecular weight is 376 g/mol. The molecule has 1 amide bonds. The molecule has 0 saturated heterocycles. The summed E-state index contributed by atoms with van der Waals surface area (Å²) in [4.78, 5) is 14.8. The van der Waals surface area contributed by atoms with Gasteiger partial charge in [-0.1, -0.05) is 12.1 Å². The molecule has 0 radical (unpaired) electrons. The molecule has 1 aromatic heterocycles. The van der Waals surface area contributed by atoms with Crippen LogP contribution in [0.3, 0.4) is 0 Å². The lowest BCUT2D eigenvalue weighted by Crippen LogP contribution is -2.32. The van der Waals surface area contributed by atoms with E-state index in [0.29, 0.717) is 5.75 Å². The lowest BCUT2D eigenvalue weighted by atomic mass is 10.3. The molecule has 2 rings (SSSR count). The number of hydrogen-bond acceptors (Lipinski definition) is 6. The largest absolute Gasteiger partial charge is 0.573 e. The van der Waals surface area contributed by atoms with E-state index < -0.39 is 32.9 Å². The molecule has 0 aliphatic rings. The maximum atomic E-state index is 12.4. The van der Waals surface area contributed by atoms with Gasteiger partial charge >= 0.3 is 6.36 Å². The number of alkyl halides is 3. The Morgan fingerprint density at radius 3 is 2.40 bits per heavy atom. The van der Waals surface area contributed by atoms with Crippen molar-refractivity contribution < 1.29 is 35.9 Å². The molecule has 0 spiro atoms. The molecular formula is C14H11F3N2O5S. The van der Waals surface area contributed by atoms with E-state index in [2.05, 4.69) is 9.72 Å². The Bertz CT molecular complexity index is 867. The van der Waals surface area contributed by atoms with Gasteiger partial charge in [0.15, 0.2) is 0 Å². The van der Waals surface area contributed by atoms with Gasteiger partial charge in [-0.25, -0.2) is 18.1 Å². The quantitative estimate of drug-likeness (QED) is 0.859. The van der Waals surface area contributed by atoms with Crippen molar-refractivity contribution >= 4 is 15.9 Å². The van der Waals surface area contributed by atoms with Gasteiger partial charge in [0, 0.05) is 0 Å². The lowest BCUT2D eigenvalue weighted by molar-refractivity contribution is -0.275. The van der Waals surface area contributed by atoms with E-state index in [1.807, 2.05) is 0 Å². The van der Waals surface area contributed by atoms with E-state index in [1.165, 1.54) is 31.5 Å². The number of sulfonamides is 1. The predicted molar refractivity (Wildman–Crippen MR) is 78.6 cm³/mol. The maximum absolute atomic E-state index is 12.4. The summed E-state index contributed by atoms with van der Waals surface area (Å²) in [6.45, 7) is 0. The van der Waals surface area contributed by atoms with E-state index >= 15 is 0 Å². The van der Waals surface area contributed by atoms with Crippen LogP contribution in [0.1, 0.15) is 10.5 Å². The van der Waals surface area contributed by atoms with Gasteiger partial charge in [0.1, 0.15) is 22.1 Å². The molecule has 1 heterocycles. The van der Waals surface area contributed by atoms with Crippen LogP contribution in [0.15, 0.2) is 47.5 Å². The molecule has 0 aliphatic heterocycles. The SMILES string of the molecule is COc1ccc(C(=O)NS(=O)(=O)c2ccccc2OC(F)(F)F)nc1. The average Bonchev–Trinajstić information content (AvgIpc) is 2.53. The van der Waals surface area contributed by atoms with Crippen molar-refractivity contribution in [1.82, 2.24) is 9.71 Å². The van der Waals surface area contributed by atoms with Crippen LogP contribution in [0.4, 0.5) is 13.2 Å². The standard InChI is InChI=1S/C14H11F3N2O5S/c1-23-9-6-7-10(18-8-9)13(20)19-25(21,22)12-5-3-2-4-11(12)24-14(15,16)17/h2-8H,1H3,(H,19,20). The number of para-hydroxylation sites is 1. The molecule has 0 bridgehead atoms. The summed E-state index contributed by atoms with van der Waals surface area (Å²) in [7, 11) is -3.25. The number of halogens is 3. The Morgan fingerprint density at radius 2 is 1.84 bits per heavy atom. The Hall–Kier alpha value is -2.82. The first-order valence-electron chi connectivity index (χ1n) is 6.54. The van der Waals surface area contributed by atoms with Crippen LogP contribution < -0.4 is 14.2 Å². The Morgan fingerprint density at radius 1 is 1.16 bits per heavy atom. The van der Waals surface area contributed by atoms with Crippen LogP contribution >= 0.6 is 0 Å². The van der Waals surface area contributed by atoms with E-state index in [4.69, 9.17) is 4.74 Å². The molecule has 25 heavy (non-hydrogen) atoms. The van der Waals surface area contributed by atoms with E-state index in [0.717, 1.165) is 18.2 Å². The zero-order valence-electron chi connectivity index (χ0n) is 12.6. The third-order valence-electron chi connectivity index (χ3n) is 2.80. The van der Waals surface area contributed by atoms with E-state index in [-0.39, 0.29) is 5.69 Å². The fourth-order valence-corrected chi connectivity index (χ4v) is 2.84. The number of carbonyl (C=O) groups excluding carboxylic acids is 1. The normalized spacial score (nSPS) is 11.7. The minimum atomic E-state index is -5.09. The second-order valence-electron chi connectivity index (χ2n) is 4.51. The number of ether oxygens (including phenoxy) is 2. The van der Waals surface area contributed by atoms with Crippen LogP contribution in [0, 0.1) is 0 Å². The van der Waals surface area contributed by atoms with Crippen molar-refractivity contribution in [2.75, 3.05) is 7.11 Å². The Kier molecular flexibility index (Phi) is 5.16. The number of pyridine rings is 1. The molecule has 7 nitrogen and oxygen atoms in total. The highest BCUT2D eigenvalue weighted by molar-refractivity contribution is 7.90. The number of methoxy groups -OCH3 is 1. The highest BCUT2D eigenvalue weighted by Crippen LogP contribution is 2.29. The summed E-state index contributed by atoms with van der Waals surface area (Å²) < 4.78 is 71.7. The number of aromatic nitrogens is 1. The first-order valence-corrected chi connectivity index (χ1v) is 8.02. The topological polar surface area (TPSA) is 94.6 Å². The number of hydrogen-bond donors (Lipinski definition) is 1. The smallest absolute Gasteiger partial charge is 0.495 e. The molecule has 0 atom stereocenters. The Balaban J connectivity index is 2.28. The van der Waals surface area contributed by atoms with Gasteiger partial charge in [0.2, 0.25) is 0 Å². The third-order valence-corrected chi connectivity index (χ3v) is 4.17. The second-order valence-corrected chi connectivity index (χ2v) is 6.16. The molecule has 0 fully saturated rings. The Labute approximate surface area is 140 Å². The van der Waals surface area contributed by atoms with E-state index in [1.54, 1.807) is 4.72 Å². The van der Waals surface area contributed by atoms with Gasteiger partial charge in [0.05, 0.1) is 13.3 Å². The maximum Gasteiger partial charge on any atom is 0.573 e. The number of nitrogens with one attached hydrogen (secondary N) is 1. The molecule has 0 aliphatic carbocycles. The number of nitrogens with zero attached hydrogens (tertiary/aromatic N) is 1. The van der Waals surface area contributed by atoms with Crippen molar-refractivity contribution in [3.05, 3.63) is 48.3 Å². The number of amides is 1. The van der Waals surface area contributed by atoms with Crippen LogP contribution in [-0.2, 0) is 10.0 Å². The fraction of sp³-hybridized carbons (Fsp3) is 0.143. The van der Waals surface area contributed by atoms with Gasteiger partial charge in [-0.3, -0.25) is 4.79 Å². The summed E-state index contributed by atoms with van der Waals surface area (Å²) >= 11 is 0. The highest BCUT2D eigenvalue weighted by Gasteiger charge is 2.34. The summed E-state index contributed by atoms with van der Waals surface area (Å²) in [6, 6.07) is 6.61. The molecule has 1 aromatic carbocycles. The fourth-order valence-electron chi connectivity index (χ4n) is 1.75. The summed E-state index contributed by atoms with van der Waals surface area (Å²) in [5.74, 6) is -1.74. The highest BCUT2D eigenvalue weighted by atomic mass is 32.2. The van der Waals surface area contributed by atoms with Crippen LogP contribution in [0.25, 0.3) is 0 Å². The predicted octanol–water partition coefficient (Wildman–Crippen LogP) is 2.11. The van der Waals surface area contributed by atoms with Gasteiger partial charge in [-0.15, -0.1) is 13.2 Å². The van der Waals surface area contributed by atoms with Crippen molar-refractivity contribution in [1.29, 1.82) is 0 Å². The summed E-state index contributed by atoms with van der Waals surface area (Å²) in [6.07, 6.45) is -3.91. The molecule has 0 saturated carbocycles. The zero-order chi connectivity index (χ0) is 18.7. The number of rotatable bonds is 5. The van der Waals surface area contributed by atoms with Gasteiger partial charge in [0.25, 0.3) is 15.9 Å². The molecule has 1 N–H and O–H groups in total. The zero-order valence-corrected chi connectivity index (χ0v) is 13.4. The molecular weight excluding hydrogens is 365 g/mol. The lowest BCUT2D eigenvalue weighted by Gasteiger charge is -2.13. The van der Waals surface area contributed by atoms with Crippen LogP contribution in [0.5, 0.6) is 11.5 Å². The number of carbonyl (C=O) groups is 1. The first-order chi connectivity index (χ1) is 11.6. The summed E-state index contributed by atoms with van der Waals surface area (Å²) in [5, 5.41) is 0.